The first-order chi connectivity index (χ1) is 28.7. The van der Waals surface area contributed by atoms with E-state index in [0.717, 1.165) is 66.8 Å². The second kappa shape index (κ2) is 14.1. The van der Waals surface area contributed by atoms with Crippen molar-refractivity contribution in [3.63, 3.8) is 0 Å². The van der Waals surface area contributed by atoms with Gasteiger partial charge in [-0.25, -0.2) is 9.97 Å². The van der Waals surface area contributed by atoms with Crippen molar-refractivity contribution >= 4 is 43.2 Å². The molecule has 2 heteroatoms. The van der Waals surface area contributed by atoms with Gasteiger partial charge >= 0.3 is 0 Å². The summed E-state index contributed by atoms with van der Waals surface area (Å²) in [5.74, 6) is 0. The topological polar surface area (TPSA) is 25.8 Å². The lowest BCUT2D eigenvalue weighted by atomic mass is 9.88. The monoisotopic (exact) mass is 736 g/mol. The molecule has 11 rings (SSSR count). The van der Waals surface area contributed by atoms with Gasteiger partial charge in [0.2, 0.25) is 0 Å². The van der Waals surface area contributed by atoms with Gasteiger partial charge in [-0.3, -0.25) is 0 Å². The van der Waals surface area contributed by atoms with Crippen molar-refractivity contribution in [1.82, 2.24) is 9.97 Å². The molecule has 2 nitrogen and oxygen atoms in total. The van der Waals surface area contributed by atoms with Crippen molar-refractivity contribution in [2.75, 3.05) is 0 Å². The van der Waals surface area contributed by atoms with Crippen LogP contribution >= 0.6 is 0 Å². The third kappa shape index (κ3) is 5.91. The van der Waals surface area contributed by atoms with Crippen molar-refractivity contribution in [2.24, 2.45) is 0 Å². The van der Waals surface area contributed by atoms with Crippen molar-refractivity contribution < 1.29 is 0 Å². The first-order valence-corrected chi connectivity index (χ1v) is 19.8. The second-order valence-electron chi connectivity index (χ2n) is 14.9. The van der Waals surface area contributed by atoms with E-state index in [1.165, 1.54) is 43.6 Å². The standard InChI is InChI=1S/C56H36N2/c1-3-15-37(16-4-1)43-33-53(40-19-5-2-6-20-40)57-54(34-43)41-29-31-42(32-30-41)55-36-51(47-28-14-22-39-18-8-10-24-45(39)47)52-35-50(48-25-11-12-26-49(48)56(52)58-55)46-27-13-21-38-17-7-9-23-44(38)46/h1-36H. The zero-order chi connectivity index (χ0) is 38.4. The molecule has 9 aromatic carbocycles. The lowest BCUT2D eigenvalue weighted by Gasteiger charge is -2.17. The summed E-state index contributed by atoms with van der Waals surface area (Å²) >= 11 is 0. The molecule has 0 fully saturated rings. The molecule has 0 spiro atoms. The highest BCUT2D eigenvalue weighted by Crippen LogP contribution is 2.43. The van der Waals surface area contributed by atoms with E-state index in [1.807, 2.05) is 6.07 Å². The van der Waals surface area contributed by atoms with Gasteiger partial charge in [0.05, 0.1) is 22.6 Å². The van der Waals surface area contributed by atoms with Crippen LogP contribution in [0, 0.1) is 0 Å². The molecule has 2 heterocycles. The van der Waals surface area contributed by atoms with E-state index < -0.39 is 0 Å². The van der Waals surface area contributed by atoms with Gasteiger partial charge < -0.3 is 0 Å². The van der Waals surface area contributed by atoms with Crippen LogP contribution in [0.4, 0.5) is 0 Å². The Morgan fingerprint density at radius 2 is 0.655 bits per heavy atom. The molecule has 0 bridgehead atoms. The number of pyridine rings is 2. The highest BCUT2D eigenvalue weighted by atomic mass is 14.7. The van der Waals surface area contributed by atoms with Crippen molar-refractivity contribution in [3.05, 3.63) is 218 Å². The average molecular weight is 737 g/mol. The first kappa shape index (κ1) is 33.6. The number of nitrogens with zero attached hydrogens (tertiary/aromatic N) is 2. The Hall–Kier alpha value is -7.68. The van der Waals surface area contributed by atoms with Crippen LogP contribution in [0.1, 0.15) is 0 Å². The summed E-state index contributed by atoms with van der Waals surface area (Å²) in [6, 6.07) is 78.1. The number of fused-ring (bicyclic) bond motifs is 5. The predicted molar refractivity (Wildman–Crippen MR) is 245 cm³/mol. The molecule has 0 radical (unpaired) electrons. The van der Waals surface area contributed by atoms with Crippen LogP contribution in [0.15, 0.2) is 218 Å². The predicted octanol–water partition coefficient (Wildman–Crippen LogP) is 15.1. The van der Waals surface area contributed by atoms with E-state index in [9.17, 15) is 0 Å². The largest absolute Gasteiger partial charge is 0.248 e. The van der Waals surface area contributed by atoms with Gasteiger partial charge in [-0.15, -0.1) is 0 Å². The van der Waals surface area contributed by atoms with E-state index in [4.69, 9.17) is 9.97 Å². The Balaban J connectivity index is 1.12. The molecule has 0 aliphatic heterocycles. The van der Waals surface area contributed by atoms with E-state index in [2.05, 4.69) is 212 Å². The summed E-state index contributed by atoms with van der Waals surface area (Å²) in [5, 5.41) is 8.36. The maximum Gasteiger partial charge on any atom is 0.0794 e. The fourth-order valence-electron chi connectivity index (χ4n) is 8.61. The normalized spacial score (nSPS) is 11.4. The molecule has 58 heavy (non-hydrogen) atoms. The minimum Gasteiger partial charge on any atom is -0.248 e. The summed E-state index contributed by atoms with van der Waals surface area (Å²) < 4.78 is 0. The molecule has 270 valence electrons. The van der Waals surface area contributed by atoms with Crippen LogP contribution in [0.25, 0.3) is 110 Å². The summed E-state index contributed by atoms with van der Waals surface area (Å²) in [6.07, 6.45) is 0. The summed E-state index contributed by atoms with van der Waals surface area (Å²) in [4.78, 5) is 10.7. The average Bonchev–Trinajstić information content (AvgIpc) is 3.31. The van der Waals surface area contributed by atoms with Crippen molar-refractivity contribution in [1.29, 1.82) is 0 Å². The van der Waals surface area contributed by atoms with E-state index in [1.54, 1.807) is 0 Å². The van der Waals surface area contributed by atoms with Gasteiger partial charge in [0.15, 0.2) is 0 Å². The van der Waals surface area contributed by atoms with Crippen molar-refractivity contribution in [2.45, 2.75) is 0 Å². The molecular weight excluding hydrogens is 701 g/mol. The van der Waals surface area contributed by atoms with Crippen LogP contribution in [0.3, 0.4) is 0 Å². The Labute approximate surface area is 337 Å². The van der Waals surface area contributed by atoms with Crippen LogP contribution < -0.4 is 0 Å². The Bertz CT molecular complexity index is 3250. The zero-order valence-corrected chi connectivity index (χ0v) is 31.7. The lowest BCUT2D eigenvalue weighted by molar-refractivity contribution is 1.32. The molecule has 11 aromatic rings. The van der Waals surface area contributed by atoms with E-state index in [0.29, 0.717) is 0 Å². The zero-order valence-electron chi connectivity index (χ0n) is 31.7. The second-order valence-corrected chi connectivity index (χ2v) is 14.9. The van der Waals surface area contributed by atoms with Gasteiger partial charge in [0, 0.05) is 27.5 Å². The third-order valence-electron chi connectivity index (χ3n) is 11.5. The van der Waals surface area contributed by atoms with Gasteiger partial charge in [-0.1, -0.05) is 194 Å². The highest BCUT2D eigenvalue weighted by Gasteiger charge is 2.18. The van der Waals surface area contributed by atoms with E-state index >= 15 is 0 Å². The molecule has 0 atom stereocenters. The minimum atomic E-state index is 0.931. The highest BCUT2D eigenvalue weighted by molar-refractivity contribution is 6.19. The number of hydrogen-bond acceptors (Lipinski definition) is 2. The maximum atomic E-state index is 5.53. The molecule has 0 aliphatic rings. The van der Waals surface area contributed by atoms with Crippen molar-refractivity contribution in [3.8, 4) is 67.2 Å². The van der Waals surface area contributed by atoms with Crippen LogP contribution in [0.2, 0.25) is 0 Å². The Kier molecular flexibility index (Phi) is 8.19. The summed E-state index contributed by atoms with van der Waals surface area (Å²) in [7, 11) is 0. The lowest BCUT2D eigenvalue weighted by Crippen LogP contribution is -1.94. The summed E-state index contributed by atoms with van der Waals surface area (Å²) in [6.45, 7) is 0. The van der Waals surface area contributed by atoms with E-state index in [-0.39, 0.29) is 0 Å². The van der Waals surface area contributed by atoms with Crippen LogP contribution in [-0.4, -0.2) is 9.97 Å². The number of hydrogen-bond donors (Lipinski definition) is 0. The fourth-order valence-corrected chi connectivity index (χ4v) is 8.61. The molecule has 0 aliphatic carbocycles. The van der Waals surface area contributed by atoms with Crippen LogP contribution in [0.5, 0.6) is 0 Å². The summed E-state index contributed by atoms with van der Waals surface area (Å²) in [5.41, 5.74) is 14.1. The molecule has 0 N–H and O–H groups in total. The number of aromatic nitrogens is 2. The minimum absolute atomic E-state index is 0.931. The third-order valence-corrected chi connectivity index (χ3v) is 11.5. The SMILES string of the molecule is c1ccc(-c2cc(-c3ccccc3)nc(-c3ccc(-c4cc(-c5cccc6ccccc56)c5cc(-c6cccc7ccccc67)c6ccccc6c5n4)cc3)c2)cc1. The number of benzene rings is 9. The molecule has 0 saturated carbocycles. The first-order valence-electron chi connectivity index (χ1n) is 19.8. The van der Waals surface area contributed by atoms with Crippen LogP contribution in [-0.2, 0) is 0 Å². The van der Waals surface area contributed by atoms with Gasteiger partial charge in [0.25, 0.3) is 0 Å². The fraction of sp³-hybridized carbons (Fsp3) is 0. The molecule has 0 unspecified atom stereocenters. The number of rotatable bonds is 6. The molecule has 0 amide bonds. The Morgan fingerprint density at radius 3 is 1.24 bits per heavy atom. The molecular formula is C56H36N2. The Morgan fingerprint density at radius 1 is 0.224 bits per heavy atom. The maximum absolute atomic E-state index is 5.53. The van der Waals surface area contributed by atoms with Gasteiger partial charge in [-0.2, -0.15) is 0 Å². The van der Waals surface area contributed by atoms with Gasteiger partial charge in [-0.05, 0) is 84.6 Å². The molecule has 2 aromatic heterocycles. The smallest absolute Gasteiger partial charge is 0.0794 e. The quantitative estimate of drug-likeness (QED) is 0.159. The van der Waals surface area contributed by atoms with Gasteiger partial charge in [0.1, 0.15) is 0 Å². The molecule has 0 saturated heterocycles.